The van der Waals surface area contributed by atoms with Gasteiger partial charge >= 0.3 is 0 Å². The Balaban J connectivity index is 1.41. The van der Waals surface area contributed by atoms with Gasteiger partial charge in [0.1, 0.15) is 17.1 Å². The summed E-state index contributed by atoms with van der Waals surface area (Å²) in [6.07, 6.45) is 1.53. The van der Waals surface area contributed by atoms with Gasteiger partial charge in [-0.25, -0.2) is 4.68 Å². The van der Waals surface area contributed by atoms with Crippen molar-refractivity contribution in [3.8, 4) is 22.9 Å². The van der Waals surface area contributed by atoms with E-state index in [1.54, 1.807) is 42.3 Å². The molecule has 178 valence electrons. The summed E-state index contributed by atoms with van der Waals surface area (Å²) in [7, 11) is 1.63. The topological polar surface area (TPSA) is 107 Å². The lowest BCUT2D eigenvalue weighted by molar-refractivity contribution is -0.384. The SMILES string of the molecule is COc1ccc(N2CCN(C(=O)c3cc(-c4ccco4)nn3-c3cccc([N+](=O)[O-])c3)CC2)cc1. The number of anilines is 1. The molecular weight excluding hydrogens is 450 g/mol. The fourth-order valence-electron chi connectivity index (χ4n) is 4.14. The van der Waals surface area contributed by atoms with Crippen LogP contribution in [-0.2, 0) is 0 Å². The van der Waals surface area contributed by atoms with Gasteiger partial charge in [0.05, 0.1) is 24.0 Å². The highest BCUT2D eigenvalue weighted by Crippen LogP contribution is 2.26. The van der Waals surface area contributed by atoms with Crippen LogP contribution in [0.1, 0.15) is 10.5 Å². The van der Waals surface area contributed by atoms with Crippen molar-refractivity contribution in [1.82, 2.24) is 14.7 Å². The van der Waals surface area contributed by atoms with E-state index in [2.05, 4.69) is 10.00 Å². The molecule has 0 radical (unpaired) electrons. The van der Waals surface area contributed by atoms with E-state index in [1.807, 2.05) is 24.3 Å². The number of nitro benzene ring substituents is 1. The van der Waals surface area contributed by atoms with Gasteiger partial charge in [-0.1, -0.05) is 6.07 Å². The standard InChI is InChI=1S/C25H23N5O5/c1-34-21-9-7-18(8-10-21)27-11-13-28(14-12-27)25(31)23-17-22(24-6-3-15-35-24)26-29(23)19-4-2-5-20(16-19)30(32)33/h2-10,15-17H,11-14H2,1H3. The molecule has 10 heteroatoms. The summed E-state index contributed by atoms with van der Waals surface area (Å²) in [4.78, 5) is 28.4. The second-order valence-corrected chi connectivity index (χ2v) is 8.06. The van der Waals surface area contributed by atoms with Gasteiger partial charge in [0.2, 0.25) is 0 Å². The van der Waals surface area contributed by atoms with Crippen LogP contribution in [0.2, 0.25) is 0 Å². The van der Waals surface area contributed by atoms with E-state index < -0.39 is 4.92 Å². The molecule has 3 heterocycles. The summed E-state index contributed by atoms with van der Waals surface area (Å²) < 4.78 is 12.1. The van der Waals surface area contributed by atoms with Gasteiger partial charge in [-0.2, -0.15) is 5.10 Å². The second kappa shape index (κ2) is 9.34. The smallest absolute Gasteiger partial charge is 0.272 e. The first-order chi connectivity index (χ1) is 17.0. The zero-order chi connectivity index (χ0) is 24.4. The van der Waals surface area contributed by atoms with Crippen LogP contribution >= 0.6 is 0 Å². The van der Waals surface area contributed by atoms with Crippen molar-refractivity contribution in [2.24, 2.45) is 0 Å². The Labute approximate surface area is 201 Å². The number of amides is 1. The Bertz CT molecular complexity index is 1340. The largest absolute Gasteiger partial charge is 0.497 e. The lowest BCUT2D eigenvalue weighted by Crippen LogP contribution is -2.49. The molecule has 1 aliphatic heterocycles. The van der Waals surface area contributed by atoms with Crippen molar-refractivity contribution in [2.75, 3.05) is 38.2 Å². The maximum absolute atomic E-state index is 13.6. The Morgan fingerprint density at radius 1 is 1.00 bits per heavy atom. The molecule has 5 rings (SSSR count). The molecule has 1 aliphatic rings. The number of non-ortho nitro benzene ring substituents is 1. The van der Waals surface area contributed by atoms with Crippen LogP contribution < -0.4 is 9.64 Å². The normalized spacial score (nSPS) is 13.6. The number of piperazine rings is 1. The lowest BCUT2D eigenvalue weighted by atomic mass is 10.2. The summed E-state index contributed by atoms with van der Waals surface area (Å²) in [6, 6.07) is 19.1. The van der Waals surface area contributed by atoms with Gasteiger partial charge in [-0.05, 0) is 42.5 Å². The summed E-state index contributed by atoms with van der Waals surface area (Å²) in [5.41, 5.74) is 2.21. The van der Waals surface area contributed by atoms with E-state index in [0.29, 0.717) is 49.0 Å². The molecule has 0 saturated carbocycles. The van der Waals surface area contributed by atoms with Crippen LogP contribution in [0.4, 0.5) is 11.4 Å². The zero-order valence-electron chi connectivity index (χ0n) is 19.0. The third-order valence-corrected chi connectivity index (χ3v) is 5.99. The van der Waals surface area contributed by atoms with Gasteiger partial charge in [0.15, 0.2) is 5.76 Å². The first kappa shape index (κ1) is 22.2. The van der Waals surface area contributed by atoms with E-state index >= 15 is 0 Å². The van der Waals surface area contributed by atoms with Gasteiger partial charge in [-0.3, -0.25) is 14.9 Å². The molecule has 10 nitrogen and oxygen atoms in total. The summed E-state index contributed by atoms with van der Waals surface area (Å²) in [5.74, 6) is 1.10. The van der Waals surface area contributed by atoms with Crippen LogP contribution in [0, 0.1) is 10.1 Å². The highest BCUT2D eigenvalue weighted by molar-refractivity contribution is 5.94. The second-order valence-electron chi connectivity index (χ2n) is 8.06. The molecule has 0 bridgehead atoms. The molecular formula is C25H23N5O5. The number of nitrogens with zero attached hydrogens (tertiary/aromatic N) is 5. The Kier molecular flexibility index (Phi) is 5.92. The van der Waals surface area contributed by atoms with E-state index in [9.17, 15) is 14.9 Å². The van der Waals surface area contributed by atoms with E-state index in [0.717, 1.165) is 11.4 Å². The molecule has 2 aromatic carbocycles. The van der Waals surface area contributed by atoms with Crippen LogP contribution in [0.3, 0.4) is 0 Å². The average molecular weight is 473 g/mol. The first-order valence-electron chi connectivity index (χ1n) is 11.1. The summed E-state index contributed by atoms with van der Waals surface area (Å²) in [5, 5.41) is 15.8. The number of hydrogen-bond acceptors (Lipinski definition) is 7. The number of hydrogen-bond donors (Lipinski definition) is 0. The predicted molar refractivity (Wildman–Crippen MR) is 129 cm³/mol. The molecule has 4 aromatic rings. The fourth-order valence-corrected chi connectivity index (χ4v) is 4.14. The van der Waals surface area contributed by atoms with Crippen molar-refractivity contribution >= 4 is 17.3 Å². The van der Waals surface area contributed by atoms with E-state index in [1.165, 1.54) is 23.1 Å². The number of nitro groups is 1. The number of benzene rings is 2. The molecule has 0 N–H and O–H groups in total. The lowest BCUT2D eigenvalue weighted by Gasteiger charge is -2.36. The molecule has 0 atom stereocenters. The Morgan fingerprint density at radius 2 is 1.77 bits per heavy atom. The molecule has 35 heavy (non-hydrogen) atoms. The number of furan rings is 1. The van der Waals surface area contributed by atoms with Gasteiger partial charge in [-0.15, -0.1) is 0 Å². The van der Waals surface area contributed by atoms with Crippen molar-refractivity contribution < 1.29 is 18.9 Å². The maximum Gasteiger partial charge on any atom is 0.272 e. The highest BCUT2D eigenvalue weighted by atomic mass is 16.6. The number of rotatable bonds is 6. The molecule has 1 amide bonds. The molecule has 0 unspecified atom stereocenters. The van der Waals surface area contributed by atoms with Crippen molar-refractivity contribution in [2.45, 2.75) is 0 Å². The number of methoxy groups -OCH3 is 1. The Morgan fingerprint density at radius 3 is 2.43 bits per heavy atom. The average Bonchev–Trinajstić information content (AvgIpc) is 3.59. The number of carbonyl (C=O) groups excluding carboxylic acids is 1. The molecule has 1 saturated heterocycles. The number of aromatic nitrogens is 2. The van der Waals surface area contributed by atoms with Gasteiger partial charge in [0.25, 0.3) is 11.6 Å². The van der Waals surface area contributed by atoms with Crippen LogP contribution in [0.25, 0.3) is 17.1 Å². The van der Waals surface area contributed by atoms with Crippen molar-refractivity contribution in [3.63, 3.8) is 0 Å². The minimum Gasteiger partial charge on any atom is -0.497 e. The van der Waals surface area contributed by atoms with Gasteiger partial charge in [0, 0.05) is 50.1 Å². The molecule has 1 fully saturated rings. The molecule has 2 aromatic heterocycles. The van der Waals surface area contributed by atoms with Gasteiger partial charge < -0.3 is 19.0 Å². The fraction of sp³-hybridized carbons (Fsp3) is 0.200. The minimum absolute atomic E-state index is 0.0796. The quantitative estimate of drug-likeness (QED) is 0.308. The maximum atomic E-state index is 13.6. The summed E-state index contributed by atoms with van der Waals surface area (Å²) >= 11 is 0. The first-order valence-corrected chi connectivity index (χ1v) is 11.1. The van der Waals surface area contributed by atoms with Crippen molar-refractivity contribution in [3.05, 3.63) is 88.8 Å². The molecule has 0 aliphatic carbocycles. The van der Waals surface area contributed by atoms with E-state index in [-0.39, 0.29) is 11.6 Å². The van der Waals surface area contributed by atoms with Crippen LogP contribution in [-0.4, -0.2) is 58.8 Å². The predicted octanol–water partition coefficient (Wildman–Crippen LogP) is 4.01. The zero-order valence-corrected chi connectivity index (χ0v) is 19.0. The number of ether oxygens (including phenoxy) is 1. The van der Waals surface area contributed by atoms with Crippen LogP contribution in [0.15, 0.2) is 77.4 Å². The monoisotopic (exact) mass is 473 g/mol. The minimum atomic E-state index is -0.472. The third-order valence-electron chi connectivity index (χ3n) is 5.99. The third kappa shape index (κ3) is 4.45. The number of carbonyl (C=O) groups is 1. The summed E-state index contributed by atoms with van der Waals surface area (Å²) in [6.45, 7) is 2.41. The van der Waals surface area contributed by atoms with E-state index in [4.69, 9.17) is 9.15 Å². The highest BCUT2D eigenvalue weighted by Gasteiger charge is 2.27. The Hall–Kier alpha value is -4.60. The van der Waals surface area contributed by atoms with Crippen LogP contribution in [0.5, 0.6) is 5.75 Å². The molecule has 0 spiro atoms. The van der Waals surface area contributed by atoms with Crippen molar-refractivity contribution in [1.29, 1.82) is 0 Å².